The molecule has 0 saturated heterocycles. The maximum absolute atomic E-state index is 11.2. The molecule has 0 aliphatic rings. The Morgan fingerprint density at radius 3 is 2.07 bits per heavy atom. The minimum absolute atomic E-state index is 0.00846. The van der Waals surface area contributed by atoms with E-state index in [0.717, 1.165) is 0 Å². The first-order valence-corrected chi connectivity index (χ1v) is 5.27. The Labute approximate surface area is 91.0 Å². The van der Waals surface area contributed by atoms with E-state index in [4.69, 9.17) is 0 Å². The molecule has 0 spiro atoms. The minimum atomic E-state index is 0.00846. The van der Waals surface area contributed by atoms with Gasteiger partial charge >= 0.3 is 0 Å². The molecule has 3 N–H and O–H groups in total. The van der Waals surface area contributed by atoms with Gasteiger partial charge in [0.15, 0.2) is 0 Å². The van der Waals surface area contributed by atoms with Crippen LogP contribution in [-0.2, 0) is 9.59 Å². The van der Waals surface area contributed by atoms with Gasteiger partial charge in [-0.2, -0.15) is 0 Å². The van der Waals surface area contributed by atoms with Gasteiger partial charge in [-0.3, -0.25) is 9.59 Å². The van der Waals surface area contributed by atoms with Crippen molar-refractivity contribution in [2.75, 3.05) is 20.1 Å². The van der Waals surface area contributed by atoms with Crippen LogP contribution >= 0.6 is 0 Å². The van der Waals surface area contributed by atoms with Crippen molar-refractivity contribution < 1.29 is 9.59 Å². The second kappa shape index (κ2) is 8.23. The molecule has 0 atom stereocenters. The van der Waals surface area contributed by atoms with Crippen LogP contribution in [-0.4, -0.2) is 38.0 Å². The average molecular weight is 215 g/mol. The third-order valence-corrected chi connectivity index (χ3v) is 1.79. The van der Waals surface area contributed by atoms with Gasteiger partial charge in [-0.1, -0.05) is 0 Å². The molecule has 0 aromatic heterocycles. The zero-order chi connectivity index (χ0) is 11.7. The highest BCUT2D eigenvalue weighted by Gasteiger charge is 2.02. The zero-order valence-electron chi connectivity index (χ0n) is 9.72. The van der Waals surface area contributed by atoms with E-state index in [1.54, 1.807) is 7.05 Å². The van der Waals surface area contributed by atoms with E-state index in [9.17, 15) is 9.59 Å². The summed E-state index contributed by atoms with van der Waals surface area (Å²) in [7, 11) is 1.61. The van der Waals surface area contributed by atoms with E-state index in [1.165, 1.54) is 0 Å². The lowest BCUT2D eigenvalue weighted by molar-refractivity contribution is -0.121. The van der Waals surface area contributed by atoms with E-state index in [-0.39, 0.29) is 17.9 Å². The summed E-state index contributed by atoms with van der Waals surface area (Å²) in [5, 5.41) is 8.36. The average Bonchev–Trinajstić information content (AvgIpc) is 2.15. The first-order chi connectivity index (χ1) is 7.06. The quantitative estimate of drug-likeness (QED) is 0.507. The second-order valence-corrected chi connectivity index (χ2v) is 3.65. The highest BCUT2D eigenvalue weighted by atomic mass is 16.2. The molecule has 0 rings (SSSR count). The summed E-state index contributed by atoms with van der Waals surface area (Å²) in [6.45, 7) is 5.07. The molecule has 2 amide bonds. The van der Waals surface area contributed by atoms with Gasteiger partial charge in [0.1, 0.15) is 0 Å². The molecular formula is C10H21N3O2. The van der Waals surface area contributed by atoms with Crippen molar-refractivity contribution in [1.82, 2.24) is 16.0 Å². The van der Waals surface area contributed by atoms with Gasteiger partial charge in [0.2, 0.25) is 11.8 Å². The van der Waals surface area contributed by atoms with Crippen molar-refractivity contribution in [3.8, 4) is 0 Å². The Morgan fingerprint density at radius 2 is 1.60 bits per heavy atom. The number of hydrogen-bond donors (Lipinski definition) is 3. The van der Waals surface area contributed by atoms with Crippen molar-refractivity contribution in [2.24, 2.45) is 0 Å². The summed E-state index contributed by atoms with van der Waals surface area (Å²) >= 11 is 0. The van der Waals surface area contributed by atoms with Crippen LogP contribution in [0.25, 0.3) is 0 Å². The fourth-order valence-corrected chi connectivity index (χ4v) is 1.05. The number of amides is 2. The minimum Gasteiger partial charge on any atom is -0.359 e. The maximum Gasteiger partial charge on any atom is 0.221 e. The van der Waals surface area contributed by atoms with E-state index >= 15 is 0 Å². The van der Waals surface area contributed by atoms with E-state index < -0.39 is 0 Å². The highest BCUT2D eigenvalue weighted by Crippen LogP contribution is 1.83. The standard InChI is InChI=1S/C10H21N3O2/c1-8(2)13-10(15)5-7-12-6-4-9(14)11-3/h8,12H,4-7H2,1-3H3,(H,11,14)(H,13,15). The number of rotatable bonds is 7. The van der Waals surface area contributed by atoms with Crippen molar-refractivity contribution in [3.63, 3.8) is 0 Å². The molecular weight excluding hydrogens is 194 g/mol. The van der Waals surface area contributed by atoms with Gasteiger partial charge in [0, 0.05) is 39.0 Å². The van der Waals surface area contributed by atoms with Crippen LogP contribution in [0.5, 0.6) is 0 Å². The van der Waals surface area contributed by atoms with Crippen LogP contribution in [0.1, 0.15) is 26.7 Å². The fourth-order valence-electron chi connectivity index (χ4n) is 1.05. The predicted octanol–water partition coefficient (Wildman–Crippen LogP) is -0.373. The smallest absolute Gasteiger partial charge is 0.221 e. The molecule has 5 heteroatoms. The molecule has 0 heterocycles. The van der Waals surface area contributed by atoms with Crippen LogP contribution < -0.4 is 16.0 Å². The Kier molecular flexibility index (Phi) is 7.62. The van der Waals surface area contributed by atoms with Crippen molar-refractivity contribution in [1.29, 1.82) is 0 Å². The van der Waals surface area contributed by atoms with Gasteiger partial charge < -0.3 is 16.0 Å². The lowest BCUT2D eigenvalue weighted by atomic mass is 10.3. The van der Waals surface area contributed by atoms with Gasteiger partial charge in [-0.15, -0.1) is 0 Å². The number of nitrogens with one attached hydrogen (secondary N) is 3. The molecule has 0 aliphatic carbocycles. The van der Waals surface area contributed by atoms with E-state index in [1.807, 2.05) is 13.8 Å². The van der Waals surface area contributed by atoms with Gasteiger partial charge in [-0.05, 0) is 13.8 Å². The number of carbonyl (C=O) groups excluding carboxylic acids is 2. The lowest BCUT2D eigenvalue weighted by Crippen LogP contribution is -2.33. The second-order valence-electron chi connectivity index (χ2n) is 3.65. The maximum atomic E-state index is 11.2. The molecule has 0 fully saturated rings. The molecule has 0 unspecified atom stereocenters. The topological polar surface area (TPSA) is 70.2 Å². The monoisotopic (exact) mass is 215 g/mol. The summed E-state index contributed by atoms with van der Waals surface area (Å²) in [6.07, 6.45) is 0.897. The zero-order valence-corrected chi connectivity index (χ0v) is 9.72. The van der Waals surface area contributed by atoms with Gasteiger partial charge in [-0.25, -0.2) is 0 Å². The SMILES string of the molecule is CNC(=O)CCNCCC(=O)NC(C)C. The van der Waals surface area contributed by atoms with Crippen molar-refractivity contribution in [3.05, 3.63) is 0 Å². The number of hydrogen-bond acceptors (Lipinski definition) is 3. The molecule has 0 aliphatic heterocycles. The molecule has 5 nitrogen and oxygen atoms in total. The number of carbonyl (C=O) groups is 2. The lowest BCUT2D eigenvalue weighted by Gasteiger charge is -2.08. The van der Waals surface area contributed by atoms with E-state index in [2.05, 4.69) is 16.0 Å². The third kappa shape index (κ3) is 9.21. The molecule has 0 aromatic rings. The van der Waals surface area contributed by atoms with Crippen molar-refractivity contribution in [2.45, 2.75) is 32.7 Å². The Bertz CT molecular complexity index is 205. The summed E-state index contributed by atoms with van der Waals surface area (Å²) in [6, 6.07) is 0.184. The summed E-state index contributed by atoms with van der Waals surface area (Å²) in [5.41, 5.74) is 0. The fraction of sp³-hybridized carbons (Fsp3) is 0.800. The molecule has 0 bridgehead atoms. The largest absolute Gasteiger partial charge is 0.359 e. The first kappa shape index (κ1) is 13.9. The van der Waals surface area contributed by atoms with Gasteiger partial charge in [0.05, 0.1) is 0 Å². The van der Waals surface area contributed by atoms with Crippen LogP contribution in [0.2, 0.25) is 0 Å². The van der Waals surface area contributed by atoms with Crippen LogP contribution in [0, 0.1) is 0 Å². The highest BCUT2D eigenvalue weighted by molar-refractivity contribution is 5.76. The Morgan fingerprint density at radius 1 is 1.07 bits per heavy atom. The molecule has 88 valence electrons. The first-order valence-electron chi connectivity index (χ1n) is 5.27. The molecule has 0 saturated carbocycles. The van der Waals surface area contributed by atoms with Crippen LogP contribution in [0.4, 0.5) is 0 Å². The van der Waals surface area contributed by atoms with Crippen molar-refractivity contribution >= 4 is 11.8 Å². The summed E-state index contributed by atoms with van der Waals surface area (Å²) in [4.78, 5) is 22.0. The Balaban J connectivity index is 3.31. The van der Waals surface area contributed by atoms with Crippen LogP contribution in [0.15, 0.2) is 0 Å². The third-order valence-electron chi connectivity index (χ3n) is 1.79. The molecule has 0 aromatic carbocycles. The normalized spacial score (nSPS) is 10.1. The predicted molar refractivity (Wildman–Crippen MR) is 59.4 cm³/mol. The Hall–Kier alpha value is -1.10. The van der Waals surface area contributed by atoms with E-state index in [0.29, 0.717) is 25.9 Å². The molecule has 0 radical (unpaired) electrons. The molecule has 15 heavy (non-hydrogen) atoms. The van der Waals surface area contributed by atoms with Crippen LogP contribution in [0.3, 0.4) is 0 Å². The van der Waals surface area contributed by atoms with Gasteiger partial charge in [0.25, 0.3) is 0 Å². The summed E-state index contributed by atoms with van der Waals surface area (Å²) in [5.74, 6) is 0.0478. The summed E-state index contributed by atoms with van der Waals surface area (Å²) < 4.78 is 0.